The second-order valence-electron chi connectivity index (χ2n) is 6.28. The lowest BCUT2D eigenvalue weighted by Crippen LogP contribution is -2.21. The lowest BCUT2D eigenvalue weighted by atomic mass is 10.0. The second-order valence-corrected chi connectivity index (χ2v) is 6.28. The van der Waals surface area contributed by atoms with Gasteiger partial charge in [0.05, 0.1) is 11.6 Å². The number of carbonyl (C=O) groups excluding carboxylic acids is 1. The average molecular weight is 328 g/mol. The van der Waals surface area contributed by atoms with Crippen molar-refractivity contribution in [3.05, 3.63) is 35.7 Å². The molecule has 1 saturated carbocycles. The third-order valence-electron chi connectivity index (χ3n) is 4.56. The van der Waals surface area contributed by atoms with Gasteiger partial charge in [-0.05, 0) is 51.3 Å². The zero-order valence-electron chi connectivity index (χ0n) is 13.7. The minimum Gasteiger partial charge on any atom is -0.481 e. The number of carboxylic acid groups (broad SMARTS) is 1. The summed E-state index contributed by atoms with van der Waals surface area (Å²) in [6.07, 6.45) is 1.57. The van der Waals surface area contributed by atoms with Crippen molar-refractivity contribution in [1.82, 2.24) is 4.98 Å². The number of nitrogens with one attached hydrogen (secondary N) is 1. The maximum Gasteiger partial charge on any atom is 0.306 e. The fourth-order valence-corrected chi connectivity index (χ4v) is 3.01. The van der Waals surface area contributed by atoms with Crippen LogP contribution < -0.4 is 5.32 Å². The van der Waals surface area contributed by atoms with Crippen molar-refractivity contribution in [3.63, 3.8) is 0 Å². The summed E-state index contributed by atoms with van der Waals surface area (Å²) in [4.78, 5) is 27.7. The van der Waals surface area contributed by atoms with Crippen LogP contribution in [-0.4, -0.2) is 22.0 Å². The topological polar surface area (TPSA) is 92.4 Å². The first-order valence-electron chi connectivity index (χ1n) is 8.02. The Labute approximate surface area is 139 Å². The van der Waals surface area contributed by atoms with Gasteiger partial charge in [0.15, 0.2) is 0 Å². The van der Waals surface area contributed by atoms with E-state index in [2.05, 4.69) is 10.3 Å². The van der Waals surface area contributed by atoms with Gasteiger partial charge in [-0.2, -0.15) is 0 Å². The lowest BCUT2D eigenvalue weighted by Gasteiger charge is -2.11. The molecule has 6 heteroatoms. The molecule has 0 radical (unpaired) electrons. The minimum absolute atomic E-state index is 0.129. The van der Waals surface area contributed by atoms with E-state index in [4.69, 9.17) is 9.52 Å². The summed E-state index contributed by atoms with van der Waals surface area (Å²) in [5.74, 6) is -0.318. The van der Waals surface area contributed by atoms with Crippen molar-refractivity contribution in [2.24, 2.45) is 11.8 Å². The Bertz CT molecular complexity index is 762. The molecule has 0 unspecified atom stereocenters. The first-order valence-corrected chi connectivity index (χ1v) is 8.02. The van der Waals surface area contributed by atoms with E-state index in [0.29, 0.717) is 30.8 Å². The summed E-state index contributed by atoms with van der Waals surface area (Å²) in [5.41, 5.74) is 2.29. The SMILES string of the molecule is Cc1nc(-c2cccc(NC(=O)[C@@H]3CC[C@H](C(=O)O)C3)c2)oc1C. The van der Waals surface area contributed by atoms with Crippen molar-refractivity contribution in [2.45, 2.75) is 33.1 Å². The highest BCUT2D eigenvalue weighted by Crippen LogP contribution is 2.32. The number of rotatable bonds is 4. The smallest absolute Gasteiger partial charge is 0.306 e. The number of carbonyl (C=O) groups is 2. The molecule has 0 spiro atoms. The number of benzene rings is 1. The number of oxazole rings is 1. The Hall–Kier alpha value is -2.63. The van der Waals surface area contributed by atoms with Crippen molar-refractivity contribution < 1.29 is 19.1 Å². The molecule has 1 aromatic heterocycles. The Balaban J connectivity index is 1.71. The molecule has 24 heavy (non-hydrogen) atoms. The molecule has 2 aromatic rings. The summed E-state index contributed by atoms with van der Waals surface area (Å²) in [6.45, 7) is 3.74. The van der Waals surface area contributed by atoms with Gasteiger partial charge >= 0.3 is 5.97 Å². The molecule has 3 rings (SSSR count). The predicted octanol–water partition coefficient (Wildman–Crippen LogP) is 3.40. The van der Waals surface area contributed by atoms with Crippen LogP contribution in [0.5, 0.6) is 0 Å². The fraction of sp³-hybridized carbons (Fsp3) is 0.389. The highest BCUT2D eigenvalue weighted by Gasteiger charge is 2.33. The number of hydrogen-bond donors (Lipinski definition) is 2. The third-order valence-corrected chi connectivity index (χ3v) is 4.56. The highest BCUT2D eigenvalue weighted by atomic mass is 16.4. The zero-order chi connectivity index (χ0) is 17.3. The van der Waals surface area contributed by atoms with E-state index in [0.717, 1.165) is 17.0 Å². The molecule has 0 saturated heterocycles. The van der Waals surface area contributed by atoms with Crippen LogP contribution >= 0.6 is 0 Å². The molecule has 2 N–H and O–H groups in total. The van der Waals surface area contributed by atoms with E-state index >= 15 is 0 Å². The lowest BCUT2D eigenvalue weighted by molar-refractivity contribution is -0.141. The van der Waals surface area contributed by atoms with E-state index in [1.165, 1.54) is 0 Å². The minimum atomic E-state index is -0.818. The molecule has 0 aliphatic heterocycles. The number of amides is 1. The summed E-state index contributed by atoms with van der Waals surface area (Å²) < 4.78 is 5.61. The van der Waals surface area contributed by atoms with Gasteiger partial charge in [-0.25, -0.2) is 4.98 Å². The van der Waals surface area contributed by atoms with Crippen molar-refractivity contribution in [3.8, 4) is 11.5 Å². The maximum absolute atomic E-state index is 12.3. The Kier molecular flexibility index (Phi) is 4.38. The Morgan fingerprint density at radius 2 is 2.00 bits per heavy atom. The molecule has 6 nitrogen and oxygen atoms in total. The number of aromatic nitrogens is 1. The number of anilines is 1. The van der Waals surface area contributed by atoms with E-state index in [1.807, 2.05) is 32.0 Å². The third kappa shape index (κ3) is 3.32. The van der Waals surface area contributed by atoms with E-state index in [-0.39, 0.29) is 11.8 Å². The van der Waals surface area contributed by atoms with Gasteiger partial charge in [0.2, 0.25) is 11.8 Å². The quantitative estimate of drug-likeness (QED) is 0.897. The van der Waals surface area contributed by atoms with Crippen LogP contribution in [-0.2, 0) is 9.59 Å². The van der Waals surface area contributed by atoms with Crippen molar-refractivity contribution in [2.75, 3.05) is 5.32 Å². The summed E-state index contributed by atoms with van der Waals surface area (Å²) in [6, 6.07) is 7.31. The summed E-state index contributed by atoms with van der Waals surface area (Å²) >= 11 is 0. The first kappa shape index (κ1) is 16.2. The van der Waals surface area contributed by atoms with Crippen LogP contribution in [0.25, 0.3) is 11.5 Å². The molecule has 126 valence electrons. The van der Waals surface area contributed by atoms with Crippen molar-refractivity contribution >= 4 is 17.6 Å². The van der Waals surface area contributed by atoms with Gasteiger partial charge in [0, 0.05) is 17.2 Å². The zero-order valence-corrected chi connectivity index (χ0v) is 13.7. The molecule has 1 aliphatic carbocycles. The molecule has 1 heterocycles. The summed E-state index contributed by atoms with van der Waals surface area (Å²) in [5, 5.41) is 11.9. The van der Waals surface area contributed by atoms with Crippen LogP contribution in [0.2, 0.25) is 0 Å². The van der Waals surface area contributed by atoms with E-state index in [1.54, 1.807) is 6.07 Å². The molecular formula is C18H20N2O4. The van der Waals surface area contributed by atoms with Gasteiger partial charge in [-0.15, -0.1) is 0 Å². The Morgan fingerprint density at radius 1 is 1.25 bits per heavy atom. The van der Waals surface area contributed by atoms with Gasteiger partial charge in [-0.1, -0.05) is 6.07 Å². The van der Waals surface area contributed by atoms with Crippen LogP contribution in [0.1, 0.15) is 30.7 Å². The average Bonchev–Trinajstić information content (AvgIpc) is 3.16. The molecule has 1 fully saturated rings. The standard InChI is InChI=1S/C18H20N2O4/c1-10-11(2)24-17(19-10)13-4-3-5-15(9-13)20-16(21)12-6-7-14(8-12)18(22)23/h3-5,9,12,14H,6-8H2,1-2H3,(H,20,21)(H,22,23)/t12-,14+/m1/s1. The van der Waals surface area contributed by atoms with Crippen molar-refractivity contribution in [1.29, 1.82) is 0 Å². The van der Waals surface area contributed by atoms with Gasteiger partial charge in [-0.3, -0.25) is 9.59 Å². The highest BCUT2D eigenvalue weighted by molar-refractivity contribution is 5.93. The van der Waals surface area contributed by atoms with E-state index < -0.39 is 11.9 Å². The van der Waals surface area contributed by atoms with Gasteiger partial charge in [0.1, 0.15) is 5.76 Å². The van der Waals surface area contributed by atoms with Crippen LogP contribution in [0, 0.1) is 25.7 Å². The Morgan fingerprint density at radius 3 is 2.62 bits per heavy atom. The fourth-order valence-electron chi connectivity index (χ4n) is 3.01. The van der Waals surface area contributed by atoms with Crippen LogP contribution in [0.4, 0.5) is 5.69 Å². The predicted molar refractivity (Wildman–Crippen MR) is 88.5 cm³/mol. The monoisotopic (exact) mass is 328 g/mol. The molecule has 1 aliphatic rings. The normalized spacial score (nSPS) is 20.1. The number of aliphatic carboxylic acids is 1. The molecule has 1 amide bonds. The second kappa shape index (κ2) is 6.47. The molecular weight excluding hydrogens is 308 g/mol. The molecule has 1 aromatic carbocycles. The summed E-state index contributed by atoms with van der Waals surface area (Å²) in [7, 11) is 0. The van der Waals surface area contributed by atoms with Crippen LogP contribution in [0.3, 0.4) is 0 Å². The number of hydrogen-bond acceptors (Lipinski definition) is 4. The van der Waals surface area contributed by atoms with Gasteiger partial charge in [0.25, 0.3) is 0 Å². The maximum atomic E-state index is 12.3. The largest absolute Gasteiger partial charge is 0.481 e. The number of aryl methyl sites for hydroxylation is 2. The van der Waals surface area contributed by atoms with E-state index in [9.17, 15) is 9.59 Å². The number of nitrogens with zero attached hydrogens (tertiary/aromatic N) is 1. The van der Waals surface area contributed by atoms with Crippen LogP contribution in [0.15, 0.2) is 28.7 Å². The molecule has 2 atom stereocenters. The van der Waals surface area contributed by atoms with Gasteiger partial charge < -0.3 is 14.8 Å². The number of carboxylic acids is 1. The first-order chi connectivity index (χ1) is 11.4. The molecule has 0 bridgehead atoms.